The van der Waals surface area contributed by atoms with E-state index in [2.05, 4.69) is 5.32 Å². The minimum atomic E-state index is -0.886. The molecule has 5 rings (SSSR count). The van der Waals surface area contributed by atoms with Crippen LogP contribution in [0.4, 0.5) is 0 Å². The highest BCUT2D eigenvalue weighted by molar-refractivity contribution is 5.83. The van der Waals surface area contributed by atoms with Gasteiger partial charge in [0.25, 0.3) is 5.91 Å². The number of hydrogen-bond acceptors (Lipinski definition) is 9. The zero-order valence-electron chi connectivity index (χ0n) is 28.0. The van der Waals surface area contributed by atoms with Gasteiger partial charge in [-0.1, -0.05) is 84.9 Å². The van der Waals surface area contributed by atoms with E-state index in [0.29, 0.717) is 25.1 Å². The molecule has 1 heterocycles. The van der Waals surface area contributed by atoms with Crippen molar-refractivity contribution in [1.82, 2.24) is 10.2 Å². The van der Waals surface area contributed by atoms with Crippen molar-refractivity contribution in [2.45, 2.75) is 64.1 Å². The number of likely N-dealkylation sites (N-methyl/N-ethyl adjacent to an activating group) is 1. The van der Waals surface area contributed by atoms with Crippen LogP contribution in [-0.4, -0.2) is 64.4 Å². The van der Waals surface area contributed by atoms with Gasteiger partial charge in [-0.25, -0.2) is 0 Å². The number of ether oxygens (including phenoxy) is 3. The second-order valence-electron chi connectivity index (χ2n) is 12.4. The molecule has 0 saturated carbocycles. The van der Waals surface area contributed by atoms with Crippen molar-refractivity contribution in [2.75, 3.05) is 20.1 Å². The van der Waals surface area contributed by atoms with Gasteiger partial charge < -0.3 is 39.7 Å². The number of amides is 1. The van der Waals surface area contributed by atoms with Gasteiger partial charge in [0.2, 0.25) is 0 Å². The summed E-state index contributed by atoms with van der Waals surface area (Å²) in [5.74, 6) is -0.777. The number of benzene rings is 4. The molecule has 0 spiro atoms. The van der Waals surface area contributed by atoms with Crippen LogP contribution in [0.2, 0.25) is 0 Å². The molecular weight excluding hydrogens is 624 g/mol. The average molecular weight is 669 g/mol. The number of rotatable bonds is 13. The van der Waals surface area contributed by atoms with Gasteiger partial charge in [-0.2, -0.15) is 0 Å². The third-order valence-corrected chi connectivity index (χ3v) is 8.55. The van der Waals surface area contributed by atoms with E-state index in [-0.39, 0.29) is 37.0 Å². The monoisotopic (exact) mass is 668 g/mol. The van der Waals surface area contributed by atoms with Gasteiger partial charge in [-0.05, 0) is 59.5 Å². The molecule has 1 saturated heterocycles. The Hall–Kier alpha value is -4.58. The molecule has 258 valence electrons. The van der Waals surface area contributed by atoms with Crippen molar-refractivity contribution in [3.63, 3.8) is 0 Å². The van der Waals surface area contributed by atoms with Crippen molar-refractivity contribution < 1.29 is 39.1 Å². The summed E-state index contributed by atoms with van der Waals surface area (Å²) >= 11 is 0. The van der Waals surface area contributed by atoms with Crippen molar-refractivity contribution in [3.05, 3.63) is 125 Å². The number of hydrogen-bond donors (Lipinski definition) is 4. The molecule has 0 aliphatic carbocycles. The Kier molecular flexibility index (Phi) is 12.2. The number of esters is 1. The first-order valence-electron chi connectivity index (χ1n) is 16.4. The summed E-state index contributed by atoms with van der Waals surface area (Å²) in [5, 5.41) is 33.1. The van der Waals surface area contributed by atoms with Gasteiger partial charge >= 0.3 is 5.97 Å². The quantitative estimate of drug-likeness (QED) is 0.139. The molecule has 10 heteroatoms. The number of aromatic hydroxyl groups is 1. The normalized spacial score (nSPS) is 18.9. The van der Waals surface area contributed by atoms with E-state index in [1.54, 1.807) is 24.3 Å². The average Bonchev–Trinajstić information content (AvgIpc) is 3.10. The predicted octanol–water partition coefficient (Wildman–Crippen LogP) is 5.33. The Bertz CT molecular complexity index is 1690. The van der Waals surface area contributed by atoms with Gasteiger partial charge in [-0.15, -0.1) is 0 Å². The Morgan fingerprint density at radius 3 is 2.37 bits per heavy atom. The highest BCUT2D eigenvalue weighted by Crippen LogP contribution is 2.39. The Labute approximate surface area is 286 Å². The van der Waals surface area contributed by atoms with Gasteiger partial charge in [0, 0.05) is 38.5 Å². The number of phenols is 1. The summed E-state index contributed by atoms with van der Waals surface area (Å²) in [4.78, 5) is 25.7. The fourth-order valence-corrected chi connectivity index (χ4v) is 5.99. The number of phenolic OH excluding ortho intramolecular Hbond substituents is 1. The fourth-order valence-electron chi connectivity index (χ4n) is 5.99. The minimum Gasteiger partial charge on any atom is -0.508 e. The summed E-state index contributed by atoms with van der Waals surface area (Å²) in [6.07, 6.45) is -2.22. The zero-order valence-corrected chi connectivity index (χ0v) is 28.0. The van der Waals surface area contributed by atoms with Crippen LogP contribution < -0.4 is 5.32 Å². The van der Waals surface area contributed by atoms with E-state index in [4.69, 9.17) is 14.2 Å². The molecular formula is C39H44N2O8. The van der Waals surface area contributed by atoms with Crippen LogP contribution in [-0.2, 0) is 37.0 Å². The van der Waals surface area contributed by atoms with Crippen molar-refractivity contribution in [3.8, 4) is 16.9 Å². The van der Waals surface area contributed by atoms with Gasteiger partial charge in [0.1, 0.15) is 5.75 Å². The summed E-state index contributed by atoms with van der Waals surface area (Å²) in [7, 11) is 1.93. The highest BCUT2D eigenvalue weighted by atomic mass is 16.7. The first-order chi connectivity index (χ1) is 23.6. The number of carbonyl (C=O) groups excluding carboxylic acids is 2. The maximum atomic E-state index is 12.5. The predicted molar refractivity (Wildman–Crippen MR) is 184 cm³/mol. The van der Waals surface area contributed by atoms with E-state index >= 15 is 0 Å². The Morgan fingerprint density at radius 1 is 0.959 bits per heavy atom. The Balaban J connectivity index is 1.31. The van der Waals surface area contributed by atoms with Crippen LogP contribution >= 0.6 is 0 Å². The minimum absolute atomic E-state index is 0.0400. The van der Waals surface area contributed by atoms with Crippen molar-refractivity contribution in [2.24, 2.45) is 0 Å². The molecule has 4 aromatic carbocycles. The van der Waals surface area contributed by atoms with Crippen molar-refractivity contribution >= 4 is 11.9 Å². The maximum absolute atomic E-state index is 12.5. The standard InChI is InChI=1S/C39H44N2O8/c1-25(47-26(2)43)38(46)40-21-32-7-4-5-10-35(32)28-15-17-30(18-16-28)39-48-34(20-37(49-39)29-13-11-27(24-42)12-14-29)22-41(3)23-36(45)31-8-6-9-33(44)19-31/h4-19,25,34,36-37,39,42,44-45H,20-24H2,1-3H3,(H,40,46)/t25-,34-,36+,37+,39+/m0/s1. The maximum Gasteiger partial charge on any atom is 0.303 e. The number of carbonyl (C=O) groups is 2. The number of nitrogens with zero attached hydrogens (tertiary/aromatic N) is 1. The second kappa shape index (κ2) is 16.7. The lowest BCUT2D eigenvalue weighted by Gasteiger charge is -2.38. The molecule has 10 nitrogen and oxygen atoms in total. The third-order valence-electron chi connectivity index (χ3n) is 8.55. The lowest BCUT2D eigenvalue weighted by Crippen LogP contribution is -2.39. The Morgan fingerprint density at radius 2 is 1.67 bits per heavy atom. The summed E-state index contributed by atoms with van der Waals surface area (Å²) in [6.45, 7) is 3.92. The SMILES string of the molecule is CC(=O)O[C@@H](C)C(=O)NCc1ccccc1-c1ccc([C@@H]2O[C@H](CN(C)C[C@@H](O)c3cccc(O)c3)C[C@H](c3ccc(CO)cc3)O2)cc1. The largest absolute Gasteiger partial charge is 0.508 e. The molecule has 1 fully saturated rings. The van der Waals surface area contributed by atoms with Crippen LogP contribution in [0, 0.1) is 0 Å². The van der Waals surface area contributed by atoms with E-state index in [1.165, 1.54) is 13.8 Å². The molecule has 0 unspecified atom stereocenters. The second-order valence-corrected chi connectivity index (χ2v) is 12.4. The van der Waals surface area contributed by atoms with Gasteiger partial charge in [0.05, 0.1) is 24.9 Å². The number of aliphatic hydroxyl groups excluding tert-OH is 2. The van der Waals surface area contributed by atoms with E-state index in [1.807, 2.05) is 84.7 Å². The van der Waals surface area contributed by atoms with Gasteiger partial charge in [-0.3, -0.25) is 9.59 Å². The molecule has 4 N–H and O–H groups in total. The molecule has 0 aromatic heterocycles. The molecule has 5 atom stereocenters. The van der Waals surface area contributed by atoms with Crippen molar-refractivity contribution in [1.29, 1.82) is 0 Å². The molecule has 0 radical (unpaired) electrons. The fraction of sp³-hybridized carbons (Fsp3) is 0.333. The molecule has 4 aromatic rings. The lowest BCUT2D eigenvalue weighted by molar-refractivity contribution is -0.252. The van der Waals surface area contributed by atoms with Crippen LogP contribution in [0.5, 0.6) is 5.75 Å². The smallest absolute Gasteiger partial charge is 0.303 e. The van der Waals surface area contributed by atoms with Crippen LogP contribution in [0.1, 0.15) is 66.6 Å². The highest BCUT2D eigenvalue weighted by Gasteiger charge is 2.33. The summed E-state index contributed by atoms with van der Waals surface area (Å²) in [6, 6.07) is 30.1. The summed E-state index contributed by atoms with van der Waals surface area (Å²) < 4.78 is 18.0. The van der Waals surface area contributed by atoms with E-state index in [9.17, 15) is 24.9 Å². The zero-order chi connectivity index (χ0) is 34.9. The molecule has 49 heavy (non-hydrogen) atoms. The molecule has 1 aliphatic rings. The number of aliphatic hydroxyl groups is 2. The number of nitrogens with one attached hydrogen (secondary N) is 1. The summed E-state index contributed by atoms with van der Waals surface area (Å²) in [5.41, 5.74) is 6.09. The first kappa shape index (κ1) is 35.7. The van der Waals surface area contributed by atoms with E-state index < -0.39 is 24.5 Å². The molecule has 0 bridgehead atoms. The molecule has 1 amide bonds. The molecule has 1 aliphatic heterocycles. The topological polar surface area (TPSA) is 138 Å². The van der Waals surface area contributed by atoms with Crippen LogP contribution in [0.3, 0.4) is 0 Å². The van der Waals surface area contributed by atoms with Crippen LogP contribution in [0.15, 0.2) is 97.1 Å². The first-order valence-corrected chi connectivity index (χ1v) is 16.4. The van der Waals surface area contributed by atoms with E-state index in [0.717, 1.165) is 33.4 Å². The van der Waals surface area contributed by atoms with Crippen LogP contribution in [0.25, 0.3) is 11.1 Å². The third kappa shape index (κ3) is 9.75. The lowest BCUT2D eigenvalue weighted by atomic mass is 9.97. The van der Waals surface area contributed by atoms with Gasteiger partial charge in [0.15, 0.2) is 12.4 Å².